The zero-order chi connectivity index (χ0) is 13.5. The Hall–Kier alpha value is -1.33. The summed E-state index contributed by atoms with van der Waals surface area (Å²) in [4.78, 5) is 14.0. The van der Waals surface area contributed by atoms with Gasteiger partial charge in [0.05, 0.1) is 16.6 Å². The molecule has 2 N–H and O–H groups in total. The van der Waals surface area contributed by atoms with Gasteiger partial charge >= 0.3 is 0 Å². The highest BCUT2D eigenvalue weighted by Gasteiger charge is 2.17. The molecule has 0 aromatic heterocycles. The molecule has 0 aliphatic rings. The molecule has 0 heterocycles. The predicted molar refractivity (Wildman–Crippen MR) is 76.5 cm³/mol. The summed E-state index contributed by atoms with van der Waals surface area (Å²) < 4.78 is 5.62. The molecule has 1 aromatic rings. The molecular weight excluding hydrogens is 296 g/mol. The monoisotopic (exact) mass is 312 g/mol. The molecule has 0 saturated heterocycles. The van der Waals surface area contributed by atoms with Crippen LogP contribution in [0, 0.1) is 0 Å². The Labute approximate surface area is 116 Å². The average Bonchev–Trinajstić information content (AvgIpc) is 2.37. The number of hydrogen-bond acceptors (Lipinski definition) is 3. The smallest absolute Gasteiger partial charge is 0.255 e. The molecule has 0 unspecified atom stereocenters. The van der Waals surface area contributed by atoms with Crippen molar-refractivity contribution >= 4 is 27.5 Å². The van der Waals surface area contributed by atoms with Gasteiger partial charge in [0, 0.05) is 25.9 Å². The fourth-order valence-corrected chi connectivity index (χ4v) is 1.95. The minimum atomic E-state index is -0.0916. The minimum absolute atomic E-state index is 0.0916. The van der Waals surface area contributed by atoms with E-state index >= 15 is 0 Å². The van der Waals surface area contributed by atoms with Gasteiger partial charge in [-0.25, -0.2) is 0 Å². The van der Waals surface area contributed by atoms with Gasteiger partial charge in [-0.3, -0.25) is 4.79 Å². The first-order chi connectivity index (χ1) is 8.61. The van der Waals surface area contributed by atoms with Crippen LogP contribution >= 0.6 is 15.9 Å². The van der Waals surface area contributed by atoms with E-state index in [2.05, 4.69) is 22.5 Å². The fraction of sp³-hybridized carbons (Fsp3) is 0.308. The lowest BCUT2D eigenvalue weighted by Crippen LogP contribution is -2.34. The molecule has 18 heavy (non-hydrogen) atoms. The predicted octanol–water partition coefficient (Wildman–Crippen LogP) is 2.31. The van der Waals surface area contributed by atoms with Gasteiger partial charge in [-0.2, -0.15) is 0 Å². The van der Waals surface area contributed by atoms with Crippen molar-refractivity contribution in [3.05, 3.63) is 40.9 Å². The number of ether oxygens (including phenoxy) is 1. The van der Waals surface area contributed by atoms with E-state index in [9.17, 15) is 4.79 Å². The number of halogens is 1. The lowest BCUT2D eigenvalue weighted by atomic mass is 10.1. The standard InChI is InChI=1S/C13H17BrN2O2/c1-3-7-16(8-9-18-2)13(17)10-5-4-6-11(15)12(10)14/h3-6H,1,7-9,15H2,2H3. The number of nitrogens with two attached hydrogens (primary N) is 1. The number of amides is 1. The van der Waals surface area contributed by atoms with Gasteiger partial charge < -0.3 is 15.4 Å². The summed E-state index contributed by atoms with van der Waals surface area (Å²) >= 11 is 3.34. The summed E-state index contributed by atoms with van der Waals surface area (Å²) in [6.07, 6.45) is 1.69. The topological polar surface area (TPSA) is 55.6 Å². The molecule has 0 bridgehead atoms. The SMILES string of the molecule is C=CCN(CCOC)C(=O)c1cccc(N)c1Br. The van der Waals surface area contributed by atoms with E-state index in [0.29, 0.717) is 35.4 Å². The second kappa shape index (κ2) is 7.18. The van der Waals surface area contributed by atoms with Crippen molar-refractivity contribution in [1.29, 1.82) is 0 Å². The fourth-order valence-electron chi connectivity index (χ4n) is 1.52. The number of methoxy groups -OCH3 is 1. The van der Waals surface area contributed by atoms with Crippen LogP contribution in [0.25, 0.3) is 0 Å². The molecule has 98 valence electrons. The van der Waals surface area contributed by atoms with Crippen LogP contribution in [0.2, 0.25) is 0 Å². The van der Waals surface area contributed by atoms with E-state index in [1.54, 1.807) is 36.3 Å². The lowest BCUT2D eigenvalue weighted by Gasteiger charge is -2.21. The van der Waals surface area contributed by atoms with Crippen LogP contribution in [0.3, 0.4) is 0 Å². The van der Waals surface area contributed by atoms with Gasteiger partial charge in [-0.05, 0) is 28.1 Å². The average molecular weight is 313 g/mol. The maximum Gasteiger partial charge on any atom is 0.255 e. The summed E-state index contributed by atoms with van der Waals surface area (Å²) in [7, 11) is 1.60. The zero-order valence-corrected chi connectivity index (χ0v) is 11.9. The Kier molecular flexibility index (Phi) is 5.88. The van der Waals surface area contributed by atoms with E-state index in [1.807, 2.05) is 0 Å². The quantitative estimate of drug-likeness (QED) is 0.648. The number of rotatable bonds is 6. The van der Waals surface area contributed by atoms with E-state index < -0.39 is 0 Å². The molecule has 0 saturated carbocycles. The summed E-state index contributed by atoms with van der Waals surface area (Å²) in [5.41, 5.74) is 6.87. The van der Waals surface area contributed by atoms with Crippen LogP contribution in [-0.4, -0.2) is 37.6 Å². The van der Waals surface area contributed by atoms with Crippen LogP contribution in [0.15, 0.2) is 35.3 Å². The molecule has 0 atom stereocenters. The van der Waals surface area contributed by atoms with Gasteiger partial charge in [-0.15, -0.1) is 6.58 Å². The zero-order valence-electron chi connectivity index (χ0n) is 10.4. The molecule has 0 aliphatic carbocycles. The number of carbonyl (C=O) groups excluding carboxylic acids is 1. The summed E-state index contributed by atoms with van der Waals surface area (Å²) in [6, 6.07) is 5.25. The molecule has 4 nitrogen and oxygen atoms in total. The maximum atomic E-state index is 12.4. The first-order valence-corrected chi connectivity index (χ1v) is 6.34. The molecular formula is C13H17BrN2O2. The van der Waals surface area contributed by atoms with Crippen molar-refractivity contribution in [3.63, 3.8) is 0 Å². The number of nitrogens with zero attached hydrogens (tertiary/aromatic N) is 1. The normalized spacial score (nSPS) is 10.1. The van der Waals surface area contributed by atoms with E-state index in [4.69, 9.17) is 10.5 Å². The van der Waals surface area contributed by atoms with Crippen LogP contribution in [0.1, 0.15) is 10.4 Å². The Morgan fingerprint density at radius 2 is 2.33 bits per heavy atom. The van der Waals surface area contributed by atoms with Crippen LogP contribution < -0.4 is 5.73 Å². The molecule has 1 rings (SSSR count). The molecule has 5 heteroatoms. The van der Waals surface area contributed by atoms with Crippen molar-refractivity contribution in [2.45, 2.75) is 0 Å². The molecule has 0 fully saturated rings. The maximum absolute atomic E-state index is 12.4. The first kappa shape index (κ1) is 14.7. The largest absolute Gasteiger partial charge is 0.398 e. The number of hydrogen-bond donors (Lipinski definition) is 1. The number of benzene rings is 1. The van der Waals surface area contributed by atoms with Crippen LogP contribution in [-0.2, 0) is 4.74 Å². The van der Waals surface area contributed by atoms with Gasteiger partial charge in [0.15, 0.2) is 0 Å². The van der Waals surface area contributed by atoms with Crippen LogP contribution in [0.5, 0.6) is 0 Å². The minimum Gasteiger partial charge on any atom is -0.398 e. The third-order valence-corrected chi connectivity index (χ3v) is 3.35. The third-order valence-electron chi connectivity index (χ3n) is 2.46. The highest BCUT2D eigenvalue weighted by atomic mass is 79.9. The summed E-state index contributed by atoms with van der Waals surface area (Å²) in [6.45, 7) is 5.13. The number of nitrogen functional groups attached to an aromatic ring is 1. The number of carbonyl (C=O) groups is 1. The summed E-state index contributed by atoms with van der Waals surface area (Å²) in [5.74, 6) is -0.0916. The van der Waals surface area contributed by atoms with Crippen molar-refractivity contribution in [2.75, 3.05) is 32.5 Å². The first-order valence-electron chi connectivity index (χ1n) is 5.55. The van der Waals surface area contributed by atoms with E-state index in [-0.39, 0.29) is 5.91 Å². The van der Waals surface area contributed by atoms with Crippen LogP contribution in [0.4, 0.5) is 5.69 Å². The Balaban J connectivity index is 2.94. The number of anilines is 1. The second-order valence-corrected chi connectivity index (χ2v) is 4.53. The van der Waals surface area contributed by atoms with Gasteiger partial charge in [0.25, 0.3) is 5.91 Å². The van der Waals surface area contributed by atoms with E-state index in [1.165, 1.54) is 0 Å². The van der Waals surface area contributed by atoms with Gasteiger partial charge in [0.2, 0.25) is 0 Å². The molecule has 1 amide bonds. The molecule has 1 aromatic carbocycles. The highest BCUT2D eigenvalue weighted by Crippen LogP contribution is 2.24. The lowest BCUT2D eigenvalue weighted by molar-refractivity contribution is 0.0717. The van der Waals surface area contributed by atoms with Crippen molar-refractivity contribution < 1.29 is 9.53 Å². The molecule has 0 spiro atoms. The van der Waals surface area contributed by atoms with Crippen molar-refractivity contribution in [2.24, 2.45) is 0 Å². The molecule has 0 aliphatic heterocycles. The Morgan fingerprint density at radius 1 is 1.61 bits per heavy atom. The second-order valence-electron chi connectivity index (χ2n) is 3.74. The Bertz CT molecular complexity index is 435. The van der Waals surface area contributed by atoms with E-state index in [0.717, 1.165) is 0 Å². The van der Waals surface area contributed by atoms with Crippen molar-refractivity contribution in [3.8, 4) is 0 Å². The molecule has 0 radical (unpaired) electrons. The highest BCUT2D eigenvalue weighted by molar-refractivity contribution is 9.10. The van der Waals surface area contributed by atoms with Gasteiger partial charge in [0.1, 0.15) is 0 Å². The Morgan fingerprint density at radius 3 is 2.94 bits per heavy atom. The third kappa shape index (κ3) is 3.58. The van der Waals surface area contributed by atoms with Gasteiger partial charge in [-0.1, -0.05) is 12.1 Å². The summed E-state index contributed by atoms with van der Waals surface area (Å²) in [5, 5.41) is 0. The van der Waals surface area contributed by atoms with Crippen molar-refractivity contribution in [1.82, 2.24) is 4.90 Å².